The van der Waals surface area contributed by atoms with Gasteiger partial charge in [-0.2, -0.15) is 0 Å². The third-order valence-electron chi connectivity index (χ3n) is 2.94. The first kappa shape index (κ1) is 13.4. The molecule has 5 heteroatoms. The smallest absolute Gasteiger partial charge is 0.134 e. The molecule has 2 aromatic rings. The van der Waals surface area contributed by atoms with Crippen molar-refractivity contribution in [2.24, 2.45) is 5.73 Å². The van der Waals surface area contributed by atoms with Crippen molar-refractivity contribution in [2.45, 2.75) is 6.42 Å². The Balaban J connectivity index is 2.46. The van der Waals surface area contributed by atoms with Gasteiger partial charge in [0.15, 0.2) is 0 Å². The number of aromatic nitrogens is 1. The zero-order valence-corrected chi connectivity index (χ0v) is 11.3. The maximum Gasteiger partial charge on any atom is 0.134 e. The van der Waals surface area contributed by atoms with E-state index in [1.54, 1.807) is 20.4 Å². The summed E-state index contributed by atoms with van der Waals surface area (Å²) in [5, 5.41) is 5.28. The molecule has 0 fully saturated rings. The zero-order chi connectivity index (χ0) is 13.7. The lowest BCUT2D eigenvalue weighted by molar-refractivity contribution is 0.398. The number of methoxy groups -OCH3 is 2. The first-order chi connectivity index (χ1) is 9.30. The highest BCUT2D eigenvalue weighted by Gasteiger charge is 2.09. The molecule has 0 aliphatic carbocycles. The van der Waals surface area contributed by atoms with Gasteiger partial charge < -0.3 is 20.5 Å². The number of fused-ring (bicyclic) bond motifs is 1. The van der Waals surface area contributed by atoms with E-state index in [-0.39, 0.29) is 0 Å². The lowest BCUT2D eigenvalue weighted by Crippen LogP contribution is -2.09. The lowest BCUT2D eigenvalue weighted by atomic mass is 10.1. The maximum atomic E-state index is 5.50. The fourth-order valence-electron chi connectivity index (χ4n) is 1.96. The van der Waals surface area contributed by atoms with Crippen LogP contribution in [0.2, 0.25) is 0 Å². The molecule has 0 bridgehead atoms. The Hall–Kier alpha value is -2.01. The monoisotopic (exact) mass is 261 g/mol. The molecule has 0 spiro atoms. The van der Waals surface area contributed by atoms with E-state index in [4.69, 9.17) is 15.2 Å². The van der Waals surface area contributed by atoms with E-state index in [0.717, 1.165) is 41.1 Å². The van der Waals surface area contributed by atoms with Gasteiger partial charge in [-0.15, -0.1) is 0 Å². The van der Waals surface area contributed by atoms with Crippen molar-refractivity contribution in [3.05, 3.63) is 24.4 Å². The van der Waals surface area contributed by atoms with E-state index in [0.29, 0.717) is 6.54 Å². The van der Waals surface area contributed by atoms with Crippen molar-refractivity contribution >= 4 is 16.6 Å². The number of hydrogen-bond donors (Lipinski definition) is 2. The number of nitrogens with one attached hydrogen (secondary N) is 1. The van der Waals surface area contributed by atoms with E-state index in [2.05, 4.69) is 10.3 Å². The quantitative estimate of drug-likeness (QED) is 0.778. The van der Waals surface area contributed by atoms with Crippen LogP contribution >= 0.6 is 0 Å². The van der Waals surface area contributed by atoms with Crippen LogP contribution in [0.3, 0.4) is 0 Å². The zero-order valence-electron chi connectivity index (χ0n) is 11.3. The van der Waals surface area contributed by atoms with E-state index in [1.807, 2.05) is 18.2 Å². The van der Waals surface area contributed by atoms with Gasteiger partial charge in [-0.3, -0.25) is 0 Å². The molecule has 0 amide bonds. The van der Waals surface area contributed by atoms with Crippen LogP contribution in [0, 0.1) is 0 Å². The number of nitrogens with two attached hydrogens (primary N) is 1. The van der Waals surface area contributed by atoms with Crippen LogP contribution in [-0.4, -0.2) is 32.3 Å². The Labute approximate surface area is 112 Å². The van der Waals surface area contributed by atoms with Crippen LogP contribution in [0.1, 0.15) is 6.42 Å². The molecule has 102 valence electrons. The molecule has 1 heterocycles. The van der Waals surface area contributed by atoms with E-state index in [1.165, 1.54) is 0 Å². The molecule has 0 radical (unpaired) electrons. The fraction of sp³-hybridized carbons (Fsp3) is 0.357. The van der Waals surface area contributed by atoms with Crippen molar-refractivity contribution < 1.29 is 9.47 Å². The summed E-state index contributed by atoms with van der Waals surface area (Å²) in [5.74, 6) is 2.35. The molecule has 0 aliphatic rings. The summed E-state index contributed by atoms with van der Waals surface area (Å²) >= 11 is 0. The average molecular weight is 261 g/mol. The maximum absolute atomic E-state index is 5.50. The third kappa shape index (κ3) is 2.88. The van der Waals surface area contributed by atoms with Crippen LogP contribution in [0.15, 0.2) is 24.4 Å². The van der Waals surface area contributed by atoms with E-state index in [9.17, 15) is 0 Å². The summed E-state index contributed by atoms with van der Waals surface area (Å²) < 4.78 is 10.7. The molecule has 0 saturated carbocycles. The first-order valence-corrected chi connectivity index (χ1v) is 6.25. The Morgan fingerprint density at radius 2 is 2.05 bits per heavy atom. The molecule has 1 aromatic carbocycles. The molecular weight excluding hydrogens is 242 g/mol. The van der Waals surface area contributed by atoms with Gasteiger partial charge in [0.25, 0.3) is 0 Å². The van der Waals surface area contributed by atoms with Crippen molar-refractivity contribution in [3.63, 3.8) is 0 Å². The normalized spacial score (nSPS) is 10.5. The second kappa shape index (κ2) is 6.24. The molecule has 0 unspecified atom stereocenters. The molecule has 0 atom stereocenters. The Morgan fingerprint density at radius 3 is 2.74 bits per heavy atom. The number of hydrogen-bond acceptors (Lipinski definition) is 5. The SMILES string of the molecule is COc1cc(OC)c2ccnc(NCCCN)c2c1. The summed E-state index contributed by atoms with van der Waals surface area (Å²) in [6, 6.07) is 5.75. The van der Waals surface area contributed by atoms with Crippen LogP contribution in [0.4, 0.5) is 5.82 Å². The van der Waals surface area contributed by atoms with Gasteiger partial charge in [-0.1, -0.05) is 0 Å². The highest BCUT2D eigenvalue weighted by Crippen LogP contribution is 2.33. The molecule has 5 nitrogen and oxygen atoms in total. The van der Waals surface area contributed by atoms with E-state index < -0.39 is 0 Å². The average Bonchev–Trinajstić information content (AvgIpc) is 2.46. The Bertz CT molecular complexity index is 558. The number of anilines is 1. The molecule has 0 aliphatic heterocycles. The minimum Gasteiger partial charge on any atom is -0.497 e. The van der Waals surface area contributed by atoms with Crippen LogP contribution in [0.25, 0.3) is 10.8 Å². The predicted molar refractivity (Wildman–Crippen MR) is 77.0 cm³/mol. The van der Waals surface area contributed by atoms with Gasteiger partial charge in [0, 0.05) is 29.6 Å². The summed E-state index contributed by atoms with van der Waals surface area (Å²) in [6.07, 6.45) is 2.67. The number of ether oxygens (including phenoxy) is 2. The minimum absolute atomic E-state index is 0.657. The second-order valence-corrected chi connectivity index (χ2v) is 4.15. The third-order valence-corrected chi connectivity index (χ3v) is 2.94. The van der Waals surface area contributed by atoms with Crippen molar-refractivity contribution in [3.8, 4) is 11.5 Å². The van der Waals surface area contributed by atoms with E-state index >= 15 is 0 Å². The number of nitrogens with zero attached hydrogens (tertiary/aromatic N) is 1. The van der Waals surface area contributed by atoms with Crippen LogP contribution < -0.4 is 20.5 Å². The molecule has 19 heavy (non-hydrogen) atoms. The van der Waals surface area contributed by atoms with Crippen molar-refractivity contribution in [1.29, 1.82) is 0 Å². The predicted octanol–water partition coefficient (Wildman–Crippen LogP) is 2.01. The second-order valence-electron chi connectivity index (χ2n) is 4.15. The lowest BCUT2D eigenvalue weighted by Gasteiger charge is -2.12. The van der Waals surface area contributed by atoms with Gasteiger partial charge in [0.2, 0.25) is 0 Å². The van der Waals surface area contributed by atoms with Gasteiger partial charge >= 0.3 is 0 Å². The fourth-order valence-corrected chi connectivity index (χ4v) is 1.96. The molecular formula is C14H19N3O2. The molecule has 1 aromatic heterocycles. The minimum atomic E-state index is 0.657. The van der Waals surface area contributed by atoms with Gasteiger partial charge in [-0.25, -0.2) is 4.98 Å². The van der Waals surface area contributed by atoms with Crippen LogP contribution in [-0.2, 0) is 0 Å². The Morgan fingerprint density at radius 1 is 1.21 bits per heavy atom. The van der Waals surface area contributed by atoms with Crippen molar-refractivity contribution in [1.82, 2.24) is 4.98 Å². The summed E-state index contributed by atoms with van der Waals surface area (Å²) in [5.41, 5.74) is 5.50. The highest BCUT2D eigenvalue weighted by molar-refractivity contribution is 5.97. The largest absolute Gasteiger partial charge is 0.497 e. The Kier molecular flexibility index (Phi) is 4.41. The number of pyridine rings is 1. The summed E-state index contributed by atoms with van der Waals surface area (Å²) in [4.78, 5) is 4.37. The molecule has 2 rings (SSSR count). The number of rotatable bonds is 6. The molecule has 3 N–H and O–H groups in total. The van der Waals surface area contributed by atoms with Gasteiger partial charge in [-0.05, 0) is 25.1 Å². The summed E-state index contributed by atoms with van der Waals surface area (Å²) in [7, 11) is 3.29. The topological polar surface area (TPSA) is 69.4 Å². The number of benzene rings is 1. The van der Waals surface area contributed by atoms with Gasteiger partial charge in [0.1, 0.15) is 17.3 Å². The summed E-state index contributed by atoms with van der Waals surface area (Å²) in [6.45, 7) is 1.45. The van der Waals surface area contributed by atoms with Crippen LogP contribution in [0.5, 0.6) is 11.5 Å². The standard InChI is InChI=1S/C14H19N3O2/c1-18-10-8-12-11(13(9-10)19-2)4-7-17-14(12)16-6-3-5-15/h4,7-9H,3,5-6,15H2,1-2H3,(H,16,17). The molecule has 0 saturated heterocycles. The van der Waals surface area contributed by atoms with Gasteiger partial charge in [0.05, 0.1) is 14.2 Å². The van der Waals surface area contributed by atoms with Crippen molar-refractivity contribution in [2.75, 3.05) is 32.6 Å². The highest BCUT2D eigenvalue weighted by atomic mass is 16.5. The first-order valence-electron chi connectivity index (χ1n) is 6.25.